The van der Waals surface area contributed by atoms with Gasteiger partial charge in [-0.25, -0.2) is 0 Å². The normalized spacial score (nSPS) is 10.8. The van der Waals surface area contributed by atoms with Gasteiger partial charge in [-0.2, -0.15) is 0 Å². The average Bonchev–Trinajstić information content (AvgIpc) is 2.10. The van der Waals surface area contributed by atoms with Crippen molar-refractivity contribution in [2.75, 3.05) is 6.54 Å². The monoisotopic (exact) mass is 167 g/mol. The largest absolute Gasteiger partial charge is 0.330 e. The number of hydrogen-bond acceptors (Lipinski definition) is 1. The van der Waals surface area contributed by atoms with Crippen LogP contribution in [0.5, 0.6) is 0 Å². The summed E-state index contributed by atoms with van der Waals surface area (Å²) in [5, 5.41) is 0. The molecular weight excluding hydrogens is 146 g/mol. The molecule has 0 amide bonds. The van der Waals surface area contributed by atoms with Gasteiger partial charge in [0.15, 0.2) is 0 Å². The van der Waals surface area contributed by atoms with E-state index in [1.807, 2.05) is 6.08 Å². The van der Waals surface area contributed by atoms with Gasteiger partial charge in [-0.3, -0.25) is 0 Å². The van der Waals surface area contributed by atoms with E-state index in [-0.39, 0.29) is 0 Å². The molecule has 0 aliphatic rings. The number of unbranched alkanes of at least 4 members (excludes halogenated alkanes) is 4. The average molecular weight is 167 g/mol. The Labute approximate surface area is 76.3 Å². The van der Waals surface area contributed by atoms with Gasteiger partial charge in [0, 0.05) is 0 Å². The van der Waals surface area contributed by atoms with Gasteiger partial charge in [0.2, 0.25) is 0 Å². The van der Waals surface area contributed by atoms with Crippen molar-refractivity contribution in [2.24, 2.45) is 5.73 Å². The van der Waals surface area contributed by atoms with E-state index in [2.05, 4.69) is 18.7 Å². The van der Waals surface area contributed by atoms with Crippen molar-refractivity contribution in [3.05, 3.63) is 24.8 Å². The molecule has 0 aromatic rings. The third kappa shape index (κ3) is 9.44. The minimum Gasteiger partial charge on any atom is -0.330 e. The standard InChI is InChI=1S/C11H21N/c1-2-3-4-5-6-7-8-9-10-11-12/h2,8-9H,1,3-7,10-12H2/b9-8+. The van der Waals surface area contributed by atoms with Crippen molar-refractivity contribution in [1.82, 2.24) is 0 Å². The zero-order valence-corrected chi connectivity index (χ0v) is 7.97. The fourth-order valence-corrected chi connectivity index (χ4v) is 1.06. The van der Waals surface area contributed by atoms with E-state index in [1.54, 1.807) is 0 Å². The predicted molar refractivity (Wildman–Crippen MR) is 56.1 cm³/mol. The minimum atomic E-state index is 0.771. The van der Waals surface area contributed by atoms with E-state index >= 15 is 0 Å². The Bertz CT molecular complexity index is 116. The third-order valence-electron chi connectivity index (χ3n) is 1.78. The molecule has 0 atom stereocenters. The second kappa shape index (κ2) is 10.4. The molecular formula is C11H21N. The topological polar surface area (TPSA) is 26.0 Å². The van der Waals surface area contributed by atoms with E-state index < -0.39 is 0 Å². The van der Waals surface area contributed by atoms with Crippen molar-refractivity contribution in [3.8, 4) is 0 Å². The van der Waals surface area contributed by atoms with Crippen LogP contribution in [-0.2, 0) is 0 Å². The maximum atomic E-state index is 5.35. The lowest BCUT2D eigenvalue weighted by atomic mass is 10.1. The molecule has 0 rings (SSSR count). The molecule has 0 aliphatic heterocycles. The van der Waals surface area contributed by atoms with Gasteiger partial charge in [-0.05, 0) is 38.6 Å². The fourth-order valence-electron chi connectivity index (χ4n) is 1.06. The highest BCUT2D eigenvalue weighted by Gasteiger charge is 1.84. The molecule has 0 saturated heterocycles. The van der Waals surface area contributed by atoms with Gasteiger partial charge < -0.3 is 5.73 Å². The van der Waals surface area contributed by atoms with Gasteiger partial charge in [0.1, 0.15) is 0 Å². The van der Waals surface area contributed by atoms with Crippen molar-refractivity contribution in [1.29, 1.82) is 0 Å². The van der Waals surface area contributed by atoms with E-state index in [9.17, 15) is 0 Å². The summed E-state index contributed by atoms with van der Waals surface area (Å²) in [5.74, 6) is 0. The molecule has 0 fully saturated rings. The number of allylic oxidation sites excluding steroid dienone is 2. The van der Waals surface area contributed by atoms with Crippen molar-refractivity contribution in [3.63, 3.8) is 0 Å². The van der Waals surface area contributed by atoms with Crippen LogP contribution >= 0.6 is 0 Å². The van der Waals surface area contributed by atoms with Crippen LogP contribution < -0.4 is 5.73 Å². The van der Waals surface area contributed by atoms with Crippen molar-refractivity contribution < 1.29 is 0 Å². The van der Waals surface area contributed by atoms with Crippen molar-refractivity contribution in [2.45, 2.75) is 38.5 Å². The molecule has 0 saturated carbocycles. The molecule has 0 aliphatic carbocycles. The summed E-state index contributed by atoms with van der Waals surface area (Å²) >= 11 is 0. The summed E-state index contributed by atoms with van der Waals surface area (Å²) in [6.45, 7) is 4.46. The lowest BCUT2D eigenvalue weighted by Gasteiger charge is -1.94. The first kappa shape index (κ1) is 11.4. The Kier molecular flexibility index (Phi) is 9.95. The molecule has 0 aromatic carbocycles. The van der Waals surface area contributed by atoms with Crippen LogP contribution in [0, 0.1) is 0 Å². The molecule has 70 valence electrons. The van der Waals surface area contributed by atoms with Crippen LogP contribution in [0.4, 0.5) is 0 Å². The Balaban J connectivity index is 2.94. The Morgan fingerprint density at radius 3 is 2.25 bits per heavy atom. The summed E-state index contributed by atoms with van der Waals surface area (Å²) in [7, 11) is 0. The smallest absolute Gasteiger partial charge is 0.00426 e. The lowest BCUT2D eigenvalue weighted by Crippen LogP contribution is -1.94. The number of nitrogens with two attached hydrogens (primary N) is 1. The van der Waals surface area contributed by atoms with Gasteiger partial charge in [-0.1, -0.05) is 24.6 Å². The SMILES string of the molecule is C=CCCCCC/C=C/CCN. The van der Waals surface area contributed by atoms with Gasteiger partial charge in [0.25, 0.3) is 0 Å². The molecule has 0 aromatic heterocycles. The second-order valence-corrected chi connectivity index (χ2v) is 2.98. The predicted octanol–water partition coefficient (Wildman–Crippen LogP) is 3.03. The second-order valence-electron chi connectivity index (χ2n) is 2.98. The van der Waals surface area contributed by atoms with E-state index in [4.69, 9.17) is 5.73 Å². The van der Waals surface area contributed by atoms with E-state index in [0.29, 0.717) is 0 Å². The molecule has 12 heavy (non-hydrogen) atoms. The van der Waals surface area contributed by atoms with Crippen LogP contribution in [-0.4, -0.2) is 6.54 Å². The highest BCUT2D eigenvalue weighted by molar-refractivity contribution is 4.81. The van der Waals surface area contributed by atoms with E-state index in [1.165, 1.54) is 25.7 Å². The summed E-state index contributed by atoms with van der Waals surface area (Å²) in [6, 6.07) is 0. The summed E-state index contributed by atoms with van der Waals surface area (Å²) < 4.78 is 0. The summed E-state index contributed by atoms with van der Waals surface area (Å²) in [5.41, 5.74) is 5.35. The number of hydrogen-bond donors (Lipinski definition) is 1. The molecule has 2 N–H and O–H groups in total. The Hall–Kier alpha value is -0.560. The first-order chi connectivity index (χ1) is 5.91. The lowest BCUT2D eigenvalue weighted by molar-refractivity contribution is 0.695. The highest BCUT2D eigenvalue weighted by atomic mass is 14.5. The molecule has 0 heterocycles. The molecule has 0 unspecified atom stereocenters. The van der Waals surface area contributed by atoms with Crippen LogP contribution in [0.2, 0.25) is 0 Å². The van der Waals surface area contributed by atoms with Crippen LogP contribution in [0.3, 0.4) is 0 Å². The molecule has 1 nitrogen and oxygen atoms in total. The number of rotatable bonds is 8. The first-order valence-electron chi connectivity index (χ1n) is 4.87. The maximum absolute atomic E-state index is 5.35. The minimum absolute atomic E-state index is 0.771. The van der Waals surface area contributed by atoms with E-state index in [0.717, 1.165) is 19.4 Å². The zero-order valence-electron chi connectivity index (χ0n) is 7.97. The van der Waals surface area contributed by atoms with Gasteiger partial charge >= 0.3 is 0 Å². The summed E-state index contributed by atoms with van der Waals surface area (Å²) in [4.78, 5) is 0. The Morgan fingerprint density at radius 2 is 1.58 bits per heavy atom. The fraction of sp³-hybridized carbons (Fsp3) is 0.636. The highest BCUT2D eigenvalue weighted by Crippen LogP contribution is 2.03. The molecule has 0 bridgehead atoms. The molecule has 1 heteroatoms. The Morgan fingerprint density at radius 1 is 0.917 bits per heavy atom. The van der Waals surface area contributed by atoms with Gasteiger partial charge in [-0.15, -0.1) is 6.58 Å². The first-order valence-corrected chi connectivity index (χ1v) is 4.87. The zero-order chi connectivity index (χ0) is 9.07. The molecule has 0 radical (unpaired) electrons. The van der Waals surface area contributed by atoms with Crippen LogP contribution in [0.1, 0.15) is 38.5 Å². The summed E-state index contributed by atoms with van der Waals surface area (Å²) in [6.07, 6.45) is 13.7. The van der Waals surface area contributed by atoms with Crippen molar-refractivity contribution >= 4 is 0 Å². The third-order valence-corrected chi connectivity index (χ3v) is 1.78. The maximum Gasteiger partial charge on any atom is -0.00426 e. The molecule has 0 spiro atoms. The van der Waals surface area contributed by atoms with Crippen LogP contribution in [0.15, 0.2) is 24.8 Å². The van der Waals surface area contributed by atoms with Gasteiger partial charge in [0.05, 0.1) is 0 Å². The quantitative estimate of drug-likeness (QED) is 0.436. The van der Waals surface area contributed by atoms with Crippen LogP contribution in [0.25, 0.3) is 0 Å².